The predicted octanol–water partition coefficient (Wildman–Crippen LogP) is 2.14. The maximum atomic E-state index is 13.4. The largest absolute Gasteiger partial charge is 0.506 e. The van der Waals surface area contributed by atoms with Crippen LogP contribution in [0, 0.1) is 5.82 Å². The van der Waals surface area contributed by atoms with E-state index in [1.807, 2.05) is 0 Å². The number of amides is 1. The molecule has 120 valence electrons. The van der Waals surface area contributed by atoms with Gasteiger partial charge < -0.3 is 10.1 Å². The van der Waals surface area contributed by atoms with E-state index in [-0.39, 0.29) is 5.56 Å². The number of nitrogens with one attached hydrogen (secondary N) is 2. The molecule has 2 aromatic carbocycles. The number of rotatable bonds is 3. The zero-order valence-corrected chi connectivity index (χ0v) is 12.3. The number of benzene rings is 2. The smallest absolute Gasteiger partial charge is 0.280 e. The molecular weight excluding hydrogens is 313 g/mol. The molecule has 0 unspecified atom stereocenters. The van der Waals surface area contributed by atoms with Crippen molar-refractivity contribution in [2.24, 2.45) is 5.10 Å². The summed E-state index contributed by atoms with van der Waals surface area (Å²) in [5.41, 5.74) is 1.48. The summed E-state index contributed by atoms with van der Waals surface area (Å²) in [6, 6.07) is 12.4. The molecule has 0 radical (unpaired) electrons. The number of aromatic amines is 1. The molecule has 0 atom stereocenters. The molecular formula is C17H12FN3O3. The zero-order valence-electron chi connectivity index (χ0n) is 12.3. The van der Waals surface area contributed by atoms with Crippen molar-refractivity contribution in [3.63, 3.8) is 0 Å². The second-order valence-electron chi connectivity index (χ2n) is 4.94. The van der Waals surface area contributed by atoms with Crippen LogP contribution in [0.4, 0.5) is 4.39 Å². The number of hydrazone groups is 1. The molecule has 0 aliphatic carbocycles. The highest BCUT2D eigenvalue weighted by atomic mass is 19.1. The van der Waals surface area contributed by atoms with Crippen LogP contribution >= 0.6 is 0 Å². The highest BCUT2D eigenvalue weighted by molar-refractivity contribution is 6.02. The van der Waals surface area contributed by atoms with Gasteiger partial charge in [-0.2, -0.15) is 5.10 Å². The van der Waals surface area contributed by atoms with Crippen molar-refractivity contribution in [1.29, 1.82) is 0 Å². The van der Waals surface area contributed by atoms with Crippen molar-refractivity contribution in [1.82, 2.24) is 10.4 Å². The van der Waals surface area contributed by atoms with Gasteiger partial charge >= 0.3 is 0 Å². The summed E-state index contributed by atoms with van der Waals surface area (Å²) in [5.74, 6) is -1.83. The van der Waals surface area contributed by atoms with Gasteiger partial charge in [-0.1, -0.05) is 30.3 Å². The third-order valence-electron chi connectivity index (χ3n) is 3.40. The Labute approximate surface area is 135 Å². The van der Waals surface area contributed by atoms with Gasteiger partial charge in [-0.3, -0.25) is 9.59 Å². The average molecular weight is 325 g/mol. The summed E-state index contributed by atoms with van der Waals surface area (Å²) < 4.78 is 13.4. The highest BCUT2D eigenvalue weighted by Crippen LogP contribution is 2.24. The Balaban J connectivity index is 1.89. The fourth-order valence-corrected chi connectivity index (χ4v) is 2.23. The summed E-state index contributed by atoms with van der Waals surface area (Å²) in [6.45, 7) is 0. The van der Waals surface area contributed by atoms with E-state index < -0.39 is 28.6 Å². The van der Waals surface area contributed by atoms with Gasteiger partial charge in [0.05, 0.1) is 11.7 Å². The van der Waals surface area contributed by atoms with Gasteiger partial charge in [0.2, 0.25) is 0 Å². The molecule has 0 saturated carbocycles. The third kappa shape index (κ3) is 2.87. The van der Waals surface area contributed by atoms with Gasteiger partial charge in [0.25, 0.3) is 11.5 Å². The van der Waals surface area contributed by atoms with Crippen LogP contribution < -0.4 is 11.0 Å². The number of fused-ring (bicyclic) bond motifs is 1. The number of nitrogens with zero attached hydrogens (tertiary/aromatic N) is 1. The molecule has 3 aromatic rings. The molecule has 0 aliphatic heterocycles. The number of hydrogen-bond acceptors (Lipinski definition) is 4. The molecule has 0 spiro atoms. The van der Waals surface area contributed by atoms with E-state index in [4.69, 9.17) is 0 Å². The summed E-state index contributed by atoms with van der Waals surface area (Å²) in [5, 5.41) is 14.1. The first-order chi connectivity index (χ1) is 11.6. The van der Waals surface area contributed by atoms with Crippen LogP contribution in [0.5, 0.6) is 5.75 Å². The minimum absolute atomic E-state index is 0.175. The quantitative estimate of drug-likeness (QED) is 0.508. The van der Waals surface area contributed by atoms with E-state index in [1.165, 1.54) is 18.2 Å². The first-order valence-corrected chi connectivity index (χ1v) is 7.00. The molecule has 0 fully saturated rings. The van der Waals surface area contributed by atoms with Crippen LogP contribution in [0.15, 0.2) is 58.4 Å². The Bertz CT molecular complexity index is 1010. The highest BCUT2D eigenvalue weighted by Gasteiger charge is 2.18. The van der Waals surface area contributed by atoms with Gasteiger partial charge in [0.15, 0.2) is 0 Å². The number of para-hydroxylation sites is 1. The third-order valence-corrected chi connectivity index (χ3v) is 3.40. The minimum Gasteiger partial charge on any atom is -0.506 e. The normalized spacial score (nSPS) is 11.0. The first kappa shape index (κ1) is 15.4. The number of carbonyl (C=O) groups is 1. The van der Waals surface area contributed by atoms with Crippen LogP contribution in [0.2, 0.25) is 0 Å². The molecule has 0 aliphatic rings. The van der Waals surface area contributed by atoms with E-state index in [0.717, 1.165) is 6.21 Å². The molecule has 1 heterocycles. The van der Waals surface area contributed by atoms with Gasteiger partial charge in [0, 0.05) is 10.9 Å². The number of carbonyl (C=O) groups excluding carboxylic acids is 1. The Morgan fingerprint density at radius 2 is 1.88 bits per heavy atom. The fourth-order valence-electron chi connectivity index (χ4n) is 2.23. The van der Waals surface area contributed by atoms with Crippen molar-refractivity contribution in [3.8, 4) is 5.75 Å². The summed E-state index contributed by atoms with van der Waals surface area (Å²) in [7, 11) is 0. The van der Waals surface area contributed by atoms with Gasteiger partial charge in [-0.05, 0) is 18.2 Å². The lowest BCUT2D eigenvalue weighted by molar-refractivity contribution is 0.0951. The molecule has 6 nitrogen and oxygen atoms in total. The monoisotopic (exact) mass is 325 g/mol. The number of halogens is 1. The van der Waals surface area contributed by atoms with Crippen molar-refractivity contribution >= 4 is 23.0 Å². The van der Waals surface area contributed by atoms with E-state index >= 15 is 0 Å². The Morgan fingerprint density at radius 3 is 2.67 bits per heavy atom. The maximum absolute atomic E-state index is 13.4. The standard InChI is InChI=1S/C17H12FN3O3/c18-12-7-3-1-5-10(12)9-19-21-17(24)14-15(22)11-6-2-4-8-13(11)20-16(14)23/h1-9H,(H,21,24)(H2,20,22,23)/b19-9+. The number of aromatic nitrogens is 1. The molecule has 7 heteroatoms. The van der Waals surface area contributed by atoms with E-state index in [1.54, 1.807) is 30.3 Å². The topological polar surface area (TPSA) is 94.5 Å². The maximum Gasteiger partial charge on any atom is 0.280 e. The molecule has 24 heavy (non-hydrogen) atoms. The zero-order chi connectivity index (χ0) is 17.1. The lowest BCUT2D eigenvalue weighted by atomic mass is 10.1. The van der Waals surface area contributed by atoms with E-state index in [9.17, 15) is 19.1 Å². The minimum atomic E-state index is -0.896. The molecule has 1 aromatic heterocycles. The summed E-state index contributed by atoms with van der Waals surface area (Å²) in [4.78, 5) is 26.6. The van der Waals surface area contributed by atoms with Gasteiger partial charge in [-0.25, -0.2) is 9.82 Å². The molecule has 3 rings (SSSR count). The Kier molecular flexibility index (Phi) is 4.07. The van der Waals surface area contributed by atoms with E-state index in [2.05, 4.69) is 15.5 Å². The summed E-state index contributed by atoms with van der Waals surface area (Å²) in [6.07, 6.45) is 1.11. The van der Waals surface area contributed by atoms with Crippen LogP contribution in [-0.2, 0) is 0 Å². The van der Waals surface area contributed by atoms with Gasteiger partial charge in [0.1, 0.15) is 17.1 Å². The molecule has 0 bridgehead atoms. The van der Waals surface area contributed by atoms with Crippen LogP contribution in [-0.4, -0.2) is 22.2 Å². The predicted molar refractivity (Wildman–Crippen MR) is 87.7 cm³/mol. The number of pyridine rings is 1. The number of hydrogen-bond donors (Lipinski definition) is 3. The Hall–Kier alpha value is -3.48. The first-order valence-electron chi connectivity index (χ1n) is 7.00. The lowest BCUT2D eigenvalue weighted by Crippen LogP contribution is -2.26. The van der Waals surface area contributed by atoms with Crippen molar-refractivity contribution in [2.75, 3.05) is 0 Å². The molecule has 1 amide bonds. The van der Waals surface area contributed by atoms with Gasteiger partial charge in [-0.15, -0.1) is 0 Å². The van der Waals surface area contributed by atoms with Crippen molar-refractivity contribution in [2.45, 2.75) is 0 Å². The fraction of sp³-hybridized carbons (Fsp3) is 0. The SMILES string of the molecule is O=C(N/N=C/c1ccccc1F)c1c(O)c2ccccc2[nH]c1=O. The van der Waals surface area contributed by atoms with E-state index in [0.29, 0.717) is 10.9 Å². The molecule has 3 N–H and O–H groups in total. The summed E-state index contributed by atoms with van der Waals surface area (Å²) >= 11 is 0. The van der Waals surface area contributed by atoms with Crippen LogP contribution in [0.25, 0.3) is 10.9 Å². The Morgan fingerprint density at radius 1 is 1.17 bits per heavy atom. The van der Waals surface area contributed by atoms with Crippen LogP contribution in [0.1, 0.15) is 15.9 Å². The lowest BCUT2D eigenvalue weighted by Gasteiger charge is -2.06. The van der Waals surface area contributed by atoms with Crippen LogP contribution in [0.3, 0.4) is 0 Å². The number of H-pyrrole nitrogens is 1. The second-order valence-corrected chi connectivity index (χ2v) is 4.94. The van der Waals surface area contributed by atoms with Crippen molar-refractivity contribution in [3.05, 3.63) is 75.8 Å². The average Bonchev–Trinajstić information content (AvgIpc) is 2.56. The molecule has 0 saturated heterocycles. The second kappa shape index (κ2) is 6.33. The number of aromatic hydroxyl groups is 1. The van der Waals surface area contributed by atoms with Crippen molar-refractivity contribution < 1.29 is 14.3 Å².